The van der Waals surface area contributed by atoms with E-state index in [2.05, 4.69) is 326 Å². The number of benzene rings is 18. The van der Waals surface area contributed by atoms with Gasteiger partial charge < -0.3 is 0 Å². The number of rotatable bonds is 9. The van der Waals surface area contributed by atoms with Gasteiger partial charge in [0, 0.05) is 39.1 Å². The highest BCUT2D eigenvalue weighted by atomic mass is 15.1. The standard InChI is InChI=1S/C39H25N3.C37H24N2.C32H20N2/c1-3-11-28(12-4-1)35-16-9-17-36(40-35)38-25-37(29-13-5-2-6-14-29)41-39(42-38)30-19-18-27-21-22-32-31-15-8-7-10-26(31)20-23-33(32)34(27)24-30;1-2-9-30(10-3-1)39-36-13-7-6-12-35(36)38-37(39)28-17-14-25(15-18-28)29-19-16-27-21-22-32-31-11-5-4-8-26(31)20-23-33(32)34(27)24-29;1-2-7-23(8-3-1)29-16-18-32-31(33-29)19-17-30(34-32)24-11-10-22-13-14-26-25-9-5-4-6-21(25)12-15-27(26)28(22)20-24/h1-25H;1-24H;1-20H. The van der Waals surface area contributed by atoms with Crippen LogP contribution in [-0.4, -0.2) is 34.5 Å². The lowest BCUT2D eigenvalue weighted by molar-refractivity contribution is 1.10. The Hall–Kier alpha value is -15.4. The molecule has 536 valence electrons. The third-order valence-electron chi connectivity index (χ3n) is 22.3. The van der Waals surface area contributed by atoms with Crippen molar-refractivity contribution in [2.45, 2.75) is 0 Å². The Balaban J connectivity index is 0.000000109. The first-order chi connectivity index (χ1) is 57.0. The molecule has 0 atom stereocenters. The molecule has 0 aliphatic carbocycles. The maximum absolute atomic E-state index is 5.10. The van der Waals surface area contributed by atoms with E-state index >= 15 is 0 Å². The Morgan fingerprint density at radius 3 is 1.05 bits per heavy atom. The minimum atomic E-state index is 0.679. The van der Waals surface area contributed by atoms with Gasteiger partial charge in [-0.15, -0.1) is 0 Å². The Bertz CT molecular complexity index is 7700. The number of hydrogen-bond donors (Lipinski definition) is 0. The molecule has 7 nitrogen and oxygen atoms in total. The predicted molar refractivity (Wildman–Crippen MR) is 481 cm³/mol. The molecule has 0 saturated carbocycles. The number of fused-ring (bicyclic) bond motifs is 17. The summed E-state index contributed by atoms with van der Waals surface area (Å²) in [5.41, 5.74) is 19.2. The number of para-hydroxylation sites is 3. The third kappa shape index (κ3) is 12.8. The second-order valence-corrected chi connectivity index (χ2v) is 29.2. The minimum Gasteiger partial charge on any atom is -0.292 e. The highest BCUT2D eigenvalue weighted by Crippen LogP contribution is 2.40. The molecule has 7 heteroatoms. The van der Waals surface area contributed by atoms with E-state index in [1.54, 1.807) is 0 Å². The first kappa shape index (κ1) is 67.7. The van der Waals surface area contributed by atoms with E-state index in [1.807, 2.05) is 97.1 Å². The SMILES string of the molecule is c1ccc(-c2ccc3nc(-c4ccc5ccc6c7ccccc7ccc6c5c4)ccc3n2)cc1.c1ccc(-c2cccc(-c3cc(-c4ccccc4)nc(-c4ccc5ccc6c7ccccc7ccc6c5c4)n3)n2)cc1.c1ccc(-n2c(-c3ccc(-c4ccc5ccc6c7ccccc7ccc6c5c4)cc3)nc3ccccc32)cc1. The van der Waals surface area contributed by atoms with Gasteiger partial charge in [0.1, 0.15) is 5.82 Å². The zero-order valence-corrected chi connectivity index (χ0v) is 62.5. The molecule has 0 saturated heterocycles. The minimum absolute atomic E-state index is 0.679. The average Bonchev–Trinajstić information content (AvgIpc) is 1.52. The van der Waals surface area contributed by atoms with Gasteiger partial charge in [-0.3, -0.25) is 4.57 Å². The van der Waals surface area contributed by atoms with E-state index in [4.69, 9.17) is 29.9 Å². The average molecular weight is 1460 g/mol. The summed E-state index contributed by atoms with van der Waals surface area (Å²) in [6, 6.07) is 147. The highest BCUT2D eigenvalue weighted by Gasteiger charge is 2.19. The smallest absolute Gasteiger partial charge is 0.160 e. The summed E-state index contributed by atoms with van der Waals surface area (Å²) in [5.74, 6) is 1.63. The zero-order chi connectivity index (χ0) is 76.1. The molecule has 0 bridgehead atoms. The van der Waals surface area contributed by atoms with Crippen molar-refractivity contribution in [1.82, 2.24) is 34.5 Å². The van der Waals surface area contributed by atoms with Crippen molar-refractivity contribution >= 4 is 119 Å². The second-order valence-electron chi connectivity index (χ2n) is 29.2. The Kier molecular flexibility index (Phi) is 17.1. The van der Waals surface area contributed by atoms with E-state index in [0.717, 1.165) is 101 Å². The maximum atomic E-state index is 5.10. The lowest BCUT2D eigenvalue weighted by Crippen LogP contribution is -1.97. The molecule has 0 aliphatic heterocycles. The molecule has 5 heterocycles. The quantitative estimate of drug-likeness (QED) is 0.134. The zero-order valence-electron chi connectivity index (χ0n) is 62.5. The van der Waals surface area contributed by atoms with Crippen molar-refractivity contribution in [2.24, 2.45) is 0 Å². The first-order valence-electron chi connectivity index (χ1n) is 38.9. The van der Waals surface area contributed by atoms with Crippen LogP contribution in [0.25, 0.3) is 215 Å². The molecule has 115 heavy (non-hydrogen) atoms. The van der Waals surface area contributed by atoms with Crippen LogP contribution in [-0.2, 0) is 0 Å². The lowest BCUT2D eigenvalue weighted by atomic mass is 9.94. The number of imidazole rings is 1. The largest absolute Gasteiger partial charge is 0.292 e. The molecule has 23 rings (SSSR count). The van der Waals surface area contributed by atoms with Crippen molar-refractivity contribution in [3.63, 3.8) is 0 Å². The van der Waals surface area contributed by atoms with Gasteiger partial charge in [0.2, 0.25) is 0 Å². The van der Waals surface area contributed by atoms with Crippen molar-refractivity contribution < 1.29 is 0 Å². The predicted octanol–water partition coefficient (Wildman–Crippen LogP) is 28.2. The summed E-state index contributed by atoms with van der Waals surface area (Å²) in [7, 11) is 0. The van der Waals surface area contributed by atoms with Crippen molar-refractivity contribution in [3.05, 3.63) is 419 Å². The molecule has 0 amide bonds. The maximum Gasteiger partial charge on any atom is 0.160 e. The highest BCUT2D eigenvalue weighted by molar-refractivity contribution is 6.20. The van der Waals surface area contributed by atoms with Crippen LogP contribution in [0.2, 0.25) is 0 Å². The fourth-order valence-corrected chi connectivity index (χ4v) is 16.6. The van der Waals surface area contributed by atoms with Crippen LogP contribution in [0.4, 0.5) is 0 Å². The summed E-state index contributed by atoms with van der Waals surface area (Å²) in [5, 5.41) is 22.7. The number of nitrogens with zero attached hydrogens (tertiary/aromatic N) is 7. The van der Waals surface area contributed by atoms with E-state index in [9.17, 15) is 0 Å². The van der Waals surface area contributed by atoms with Crippen LogP contribution in [0.5, 0.6) is 0 Å². The fraction of sp³-hybridized carbons (Fsp3) is 0. The van der Waals surface area contributed by atoms with E-state index in [-0.39, 0.29) is 0 Å². The first-order valence-corrected chi connectivity index (χ1v) is 38.9. The van der Waals surface area contributed by atoms with Gasteiger partial charge in [-0.2, -0.15) is 0 Å². The van der Waals surface area contributed by atoms with Crippen molar-refractivity contribution in [3.8, 4) is 96.0 Å². The van der Waals surface area contributed by atoms with Gasteiger partial charge in [0.05, 0.1) is 56.2 Å². The fourth-order valence-electron chi connectivity index (χ4n) is 16.6. The van der Waals surface area contributed by atoms with Crippen LogP contribution in [0, 0.1) is 0 Å². The number of hydrogen-bond acceptors (Lipinski definition) is 6. The summed E-state index contributed by atoms with van der Waals surface area (Å²) in [6.07, 6.45) is 0. The van der Waals surface area contributed by atoms with Gasteiger partial charge in [-0.05, 0) is 193 Å². The van der Waals surface area contributed by atoms with E-state index in [1.165, 1.54) is 108 Å². The monoisotopic (exact) mass is 1460 g/mol. The van der Waals surface area contributed by atoms with E-state index < -0.39 is 0 Å². The van der Waals surface area contributed by atoms with Crippen molar-refractivity contribution in [1.29, 1.82) is 0 Å². The molecular weight excluding hydrogens is 1400 g/mol. The second kappa shape index (κ2) is 29.1. The van der Waals surface area contributed by atoms with Crippen LogP contribution in [0.15, 0.2) is 419 Å². The Morgan fingerprint density at radius 2 is 0.522 bits per heavy atom. The third-order valence-corrected chi connectivity index (χ3v) is 22.3. The van der Waals surface area contributed by atoms with Crippen LogP contribution in [0.3, 0.4) is 0 Å². The van der Waals surface area contributed by atoms with Crippen LogP contribution >= 0.6 is 0 Å². The summed E-state index contributed by atoms with van der Waals surface area (Å²) >= 11 is 0. The number of aromatic nitrogens is 7. The molecule has 0 spiro atoms. The molecule has 0 radical (unpaired) electrons. The van der Waals surface area contributed by atoms with Crippen LogP contribution in [0.1, 0.15) is 0 Å². The topological polar surface area (TPSA) is 82.3 Å². The normalized spacial score (nSPS) is 11.5. The molecule has 0 N–H and O–H groups in total. The Morgan fingerprint density at radius 1 is 0.157 bits per heavy atom. The van der Waals surface area contributed by atoms with Crippen molar-refractivity contribution in [2.75, 3.05) is 0 Å². The van der Waals surface area contributed by atoms with Gasteiger partial charge in [-0.1, -0.05) is 334 Å². The molecule has 5 aromatic heterocycles. The molecular formula is C108H69N7. The molecule has 0 fully saturated rings. The summed E-state index contributed by atoms with van der Waals surface area (Å²) in [6.45, 7) is 0. The van der Waals surface area contributed by atoms with Gasteiger partial charge >= 0.3 is 0 Å². The number of pyridine rings is 3. The summed E-state index contributed by atoms with van der Waals surface area (Å²) in [4.78, 5) is 30.0. The van der Waals surface area contributed by atoms with Gasteiger partial charge in [0.25, 0.3) is 0 Å². The molecule has 0 unspecified atom stereocenters. The lowest BCUT2D eigenvalue weighted by Gasteiger charge is -2.12. The summed E-state index contributed by atoms with van der Waals surface area (Å²) < 4.78 is 2.25. The van der Waals surface area contributed by atoms with Gasteiger partial charge in [-0.25, -0.2) is 29.9 Å². The van der Waals surface area contributed by atoms with E-state index in [0.29, 0.717) is 5.82 Å². The van der Waals surface area contributed by atoms with Gasteiger partial charge in [0.15, 0.2) is 5.82 Å². The Labute approximate surface area is 663 Å². The molecule has 23 aromatic rings. The molecule has 0 aliphatic rings. The molecule has 18 aromatic carbocycles. The van der Waals surface area contributed by atoms with Crippen LogP contribution < -0.4 is 0 Å².